The summed E-state index contributed by atoms with van der Waals surface area (Å²) in [4.78, 5) is 13.2. The zero-order valence-electron chi connectivity index (χ0n) is 12.5. The van der Waals surface area contributed by atoms with Crippen molar-refractivity contribution in [3.05, 3.63) is 59.7 Å². The summed E-state index contributed by atoms with van der Waals surface area (Å²) in [5, 5.41) is 0.0546. The molecule has 2 aromatic carbocycles. The number of carbonyl (C=O) groups is 1. The maximum Gasteiger partial charge on any atom is 0.224 e. The molecule has 2 rings (SSSR count). The molecule has 0 atom stereocenters. The number of benzene rings is 2. The van der Waals surface area contributed by atoms with Gasteiger partial charge in [-0.05, 0) is 61.5 Å². The first-order valence-corrected chi connectivity index (χ1v) is 8.02. The molecule has 0 fully saturated rings. The molecule has 0 bridgehead atoms. The number of hydrogen-bond donors (Lipinski definition) is 0. The van der Waals surface area contributed by atoms with Crippen LogP contribution in [-0.4, -0.2) is 11.7 Å². The van der Waals surface area contributed by atoms with E-state index in [1.54, 1.807) is 0 Å². The van der Waals surface area contributed by atoms with Gasteiger partial charge < -0.3 is 4.74 Å². The fourth-order valence-corrected chi connectivity index (χ4v) is 2.53. The molecule has 0 amide bonds. The summed E-state index contributed by atoms with van der Waals surface area (Å²) in [6.45, 7) is 4.89. The standard InChI is InChI=1S/C18H20O2S/c1-3-4-13-20-16-9-7-15(8-10-16)18(19)21-17-11-5-14(2)6-12-17/h5-12H,3-4,13H2,1-2H3. The summed E-state index contributed by atoms with van der Waals surface area (Å²) >= 11 is 1.25. The van der Waals surface area contributed by atoms with Gasteiger partial charge in [-0.15, -0.1) is 0 Å². The molecule has 0 N–H and O–H groups in total. The minimum Gasteiger partial charge on any atom is -0.494 e. The van der Waals surface area contributed by atoms with Gasteiger partial charge in [-0.1, -0.05) is 31.0 Å². The third-order valence-corrected chi connectivity index (χ3v) is 4.02. The second-order valence-electron chi connectivity index (χ2n) is 4.93. The van der Waals surface area contributed by atoms with Crippen LogP contribution in [0.2, 0.25) is 0 Å². The molecule has 0 saturated heterocycles. The molecule has 0 aliphatic rings. The van der Waals surface area contributed by atoms with Crippen molar-refractivity contribution >= 4 is 16.9 Å². The molecule has 0 aliphatic carbocycles. The van der Waals surface area contributed by atoms with Gasteiger partial charge in [0.05, 0.1) is 6.61 Å². The van der Waals surface area contributed by atoms with Crippen molar-refractivity contribution in [3.8, 4) is 5.75 Å². The molecule has 0 heterocycles. The van der Waals surface area contributed by atoms with Gasteiger partial charge in [-0.2, -0.15) is 0 Å². The van der Waals surface area contributed by atoms with Gasteiger partial charge in [0.15, 0.2) is 0 Å². The van der Waals surface area contributed by atoms with Crippen molar-refractivity contribution in [1.82, 2.24) is 0 Å². The fraction of sp³-hybridized carbons (Fsp3) is 0.278. The van der Waals surface area contributed by atoms with E-state index in [0.717, 1.165) is 30.1 Å². The average molecular weight is 300 g/mol. The SMILES string of the molecule is CCCCOc1ccc(C(=O)Sc2ccc(C)cc2)cc1. The van der Waals surface area contributed by atoms with Crippen LogP contribution in [0.4, 0.5) is 0 Å². The topological polar surface area (TPSA) is 26.3 Å². The van der Waals surface area contributed by atoms with Gasteiger partial charge in [0.25, 0.3) is 0 Å². The minimum absolute atomic E-state index is 0.0546. The van der Waals surface area contributed by atoms with Gasteiger partial charge >= 0.3 is 0 Å². The van der Waals surface area contributed by atoms with E-state index in [0.29, 0.717) is 5.56 Å². The molecular formula is C18H20O2S. The summed E-state index contributed by atoms with van der Waals surface area (Å²) in [5.74, 6) is 0.820. The van der Waals surface area contributed by atoms with Gasteiger partial charge in [0, 0.05) is 10.5 Å². The molecule has 0 aromatic heterocycles. The van der Waals surface area contributed by atoms with Crippen LogP contribution in [0.1, 0.15) is 35.7 Å². The van der Waals surface area contributed by atoms with E-state index in [2.05, 4.69) is 6.92 Å². The number of unbranched alkanes of at least 4 members (excludes halogenated alkanes) is 1. The van der Waals surface area contributed by atoms with Crippen molar-refractivity contribution in [3.63, 3.8) is 0 Å². The predicted octanol–water partition coefficient (Wildman–Crippen LogP) is 5.11. The number of aryl methyl sites for hydroxylation is 1. The molecule has 21 heavy (non-hydrogen) atoms. The summed E-state index contributed by atoms with van der Waals surface area (Å²) < 4.78 is 5.59. The molecule has 0 spiro atoms. The predicted molar refractivity (Wildman–Crippen MR) is 88.2 cm³/mol. The van der Waals surface area contributed by atoms with E-state index in [1.807, 2.05) is 55.5 Å². The van der Waals surface area contributed by atoms with Gasteiger partial charge in [-0.3, -0.25) is 4.79 Å². The Bertz CT molecular complexity index is 573. The van der Waals surface area contributed by atoms with E-state index >= 15 is 0 Å². The first-order valence-electron chi connectivity index (χ1n) is 7.21. The van der Waals surface area contributed by atoms with Crippen molar-refractivity contribution in [2.45, 2.75) is 31.6 Å². The van der Waals surface area contributed by atoms with Gasteiger partial charge in [0.2, 0.25) is 5.12 Å². The lowest BCUT2D eigenvalue weighted by atomic mass is 10.2. The number of hydrogen-bond acceptors (Lipinski definition) is 3. The van der Waals surface area contributed by atoms with Crippen LogP contribution in [0.3, 0.4) is 0 Å². The van der Waals surface area contributed by atoms with Crippen LogP contribution in [0.15, 0.2) is 53.4 Å². The molecule has 0 radical (unpaired) electrons. The lowest BCUT2D eigenvalue weighted by Gasteiger charge is -2.06. The molecule has 3 heteroatoms. The van der Waals surface area contributed by atoms with E-state index in [-0.39, 0.29) is 5.12 Å². The maximum atomic E-state index is 12.2. The first kappa shape index (κ1) is 15.6. The third kappa shape index (κ3) is 4.94. The monoisotopic (exact) mass is 300 g/mol. The number of rotatable bonds is 6. The van der Waals surface area contributed by atoms with Crippen LogP contribution in [0.5, 0.6) is 5.75 Å². The first-order chi connectivity index (χ1) is 10.2. The number of ether oxygens (including phenoxy) is 1. The lowest BCUT2D eigenvalue weighted by Crippen LogP contribution is -1.97. The van der Waals surface area contributed by atoms with Crippen molar-refractivity contribution < 1.29 is 9.53 Å². The largest absolute Gasteiger partial charge is 0.494 e. The van der Waals surface area contributed by atoms with Crippen LogP contribution >= 0.6 is 11.8 Å². The van der Waals surface area contributed by atoms with Crippen LogP contribution in [0, 0.1) is 6.92 Å². The molecular weight excluding hydrogens is 280 g/mol. The Morgan fingerprint density at radius 1 is 1.05 bits per heavy atom. The normalized spacial score (nSPS) is 10.4. The molecule has 2 nitrogen and oxygen atoms in total. The molecule has 0 unspecified atom stereocenters. The van der Waals surface area contributed by atoms with E-state index in [4.69, 9.17) is 4.74 Å². The lowest BCUT2D eigenvalue weighted by molar-refractivity contribution is 0.108. The number of carbonyl (C=O) groups excluding carboxylic acids is 1. The zero-order valence-corrected chi connectivity index (χ0v) is 13.3. The van der Waals surface area contributed by atoms with E-state index in [1.165, 1.54) is 17.3 Å². The zero-order chi connectivity index (χ0) is 15.1. The Kier molecular flexibility index (Phi) is 5.88. The quantitative estimate of drug-likeness (QED) is 0.548. The maximum absolute atomic E-state index is 12.2. The summed E-state index contributed by atoms with van der Waals surface area (Å²) in [6, 6.07) is 15.3. The van der Waals surface area contributed by atoms with Crippen LogP contribution in [-0.2, 0) is 0 Å². The minimum atomic E-state index is 0.0546. The van der Waals surface area contributed by atoms with Crippen molar-refractivity contribution in [2.75, 3.05) is 6.61 Å². The third-order valence-electron chi connectivity index (χ3n) is 3.09. The summed E-state index contributed by atoms with van der Waals surface area (Å²) in [6.07, 6.45) is 2.16. The highest BCUT2D eigenvalue weighted by Gasteiger charge is 2.08. The Morgan fingerprint density at radius 3 is 2.33 bits per heavy atom. The van der Waals surface area contributed by atoms with Gasteiger partial charge in [0.1, 0.15) is 5.75 Å². The second-order valence-corrected chi connectivity index (χ2v) is 5.98. The fourth-order valence-electron chi connectivity index (χ4n) is 1.79. The van der Waals surface area contributed by atoms with Crippen LogP contribution in [0.25, 0.3) is 0 Å². The summed E-state index contributed by atoms with van der Waals surface area (Å²) in [7, 11) is 0. The molecule has 0 aliphatic heterocycles. The average Bonchev–Trinajstić information content (AvgIpc) is 2.50. The smallest absolute Gasteiger partial charge is 0.224 e. The van der Waals surface area contributed by atoms with E-state index < -0.39 is 0 Å². The van der Waals surface area contributed by atoms with Crippen LogP contribution < -0.4 is 4.74 Å². The summed E-state index contributed by atoms with van der Waals surface area (Å²) in [5.41, 5.74) is 1.89. The second kappa shape index (κ2) is 7.89. The highest BCUT2D eigenvalue weighted by Crippen LogP contribution is 2.24. The molecule has 0 saturated carbocycles. The Morgan fingerprint density at radius 2 is 1.71 bits per heavy atom. The Balaban J connectivity index is 1.94. The highest BCUT2D eigenvalue weighted by atomic mass is 32.2. The van der Waals surface area contributed by atoms with Gasteiger partial charge in [-0.25, -0.2) is 0 Å². The highest BCUT2D eigenvalue weighted by molar-refractivity contribution is 8.14. The Hall–Kier alpha value is -1.74. The van der Waals surface area contributed by atoms with E-state index in [9.17, 15) is 4.79 Å². The Labute approximate surface area is 130 Å². The number of thioether (sulfide) groups is 1. The van der Waals surface area contributed by atoms with Crippen molar-refractivity contribution in [1.29, 1.82) is 0 Å². The van der Waals surface area contributed by atoms with Crippen molar-refractivity contribution in [2.24, 2.45) is 0 Å². The molecule has 110 valence electrons. The molecule has 2 aromatic rings.